The van der Waals surface area contributed by atoms with E-state index >= 15 is 0 Å². The largest absolute Gasteiger partial charge is 0.375 e. The summed E-state index contributed by atoms with van der Waals surface area (Å²) < 4.78 is 17.5. The lowest BCUT2D eigenvalue weighted by molar-refractivity contribution is -0.116. The first kappa shape index (κ1) is 14.7. The van der Waals surface area contributed by atoms with E-state index in [4.69, 9.17) is 14.0 Å². The maximum atomic E-state index is 6.14. The van der Waals surface area contributed by atoms with Crippen molar-refractivity contribution in [2.75, 3.05) is 19.8 Å². The number of fused-ring (bicyclic) bond motifs is 1. The summed E-state index contributed by atoms with van der Waals surface area (Å²) >= 11 is 0. The fraction of sp³-hybridized carbons (Fsp3) is 0.824. The molecule has 2 saturated carbocycles. The molecular weight excluding hydrogens is 280 g/mol. The van der Waals surface area contributed by atoms with Crippen LogP contribution < -0.4 is 0 Å². The molecule has 2 heterocycles. The van der Waals surface area contributed by atoms with Crippen LogP contribution in [-0.4, -0.2) is 48.1 Å². The minimum absolute atomic E-state index is 0.243. The number of aryl methyl sites for hydroxylation is 2. The van der Waals surface area contributed by atoms with Gasteiger partial charge in [-0.2, -0.15) is 0 Å². The summed E-state index contributed by atoms with van der Waals surface area (Å²) in [5.41, 5.74) is 2.25. The average Bonchev–Trinajstić information content (AvgIpc) is 3.18. The van der Waals surface area contributed by atoms with Gasteiger partial charge in [-0.05, 0) is 45.4 Å². The maximum Gasteiger partial charge on any atom is 0.138 e. The molecule has 0 amide bonds. The number of nitrogens with zero attached hydrogens (tertiary/aromatic N) is 2. The second-order valence-electron chi connectivity index (χ2n) is 7.07. The van der Waals surface area contributed by atoms with Crippen molar-refractivity contribution in [1.82, 2.24) is 10.1 Å². The quantitative estimate of drug-likeness (QED) is 0.836. The highest BCUT2D eigenvalue weighted by Gasteiger charge is 2.44. The van der Waals surface area contributed by atoms with E-state index in [1.165, 1.54) is 24.8 Å². The molecule has 22 heavy (non-hydrogen) atoms. The lowest BCUT2D eigenvalue weighted by Gasteiger charge is -2.39. The van der Waals surface area contributed by atoms with Gasteiger partial charge in [0, 0.05) is 31.3 Å². The first-order valence-corrected chi connectivity index (χ1v) is 8.61. The molecule has 0 radical (unpaired) electrons. The number of aromatic nitrogens is 1. The minimum Gasteiger partial charge on any atom is -0.375 e. The van der Waals surface area contributed by atoms with Gasteiger partial charge in [0.15, 0.2) is 0 Å². The number of rotatable bonds is 5. The molecule has 3 atom stereocenters. The third kappa shape index (κ3) is 2.82. The van der Waals surface area contributed by atoms with Gasteiger partial charge in [0.2, 0.25) is 0 Å². The molecule has 1 saturated heterocycles. The fourth-order valence-electron chi connectivity index (χ4n) is 3.84. The molecule has 3 fully saturated rings. The third-order valence-electron chi connectivity index (χ3n) is 5.44. The molecule has 122 valence electrons. The van der Waals surface area contributed by atoms with E-state index in [-0.39, 0.29) is 12.2 Å². The summed E-state index contributed by atoms with van der Waals surface area (Å²) in [5.74, 6) is 1.76. The van der Waals surface area contributed by atoms with E-state index in [1.807, 2.05) is 13.8 Å². The van der Waals surface area contributed by atoms with Gasteiger partial charge < -0.3 is 14.0 Å². The van der Waals surface area contributed by atoms with Gasteiger partial charge in [-0.3, -0.25) is 4.90 Å². The van der Waals surface area contributed by atoms with Crippen LogP contribution in [0.15, 0.2) is 4.52 Å². The van der Waals surface area contributed by atoms with Gasteiger partial charge in [-0.1, -0.05) is 5.16 Å². The van der Waals surface area contributed by atoms with Crippen molar-refractivity contribution in [1.29, 1.82) is 0 Å². The van der Waals surface area contributed by atoms with Crippen LogP contribution in [0.3, 0.4) is 0 Å². The predicted molar refractivity (Wildman–Crippen MR) is 81.6 cm³/mol. The van der Waals surface area contributed by atoms with Crippen molar-refractivity contribution in [3.05, 3.63) is 17.0 Å². The van der Waals surface area contributed by atoms with Crippen LogP contribution in [0, 0.1) is 19.8 Å². The van der Waals surface area contributed by atoms with Gasteiger partial charge in [0.05, 0.1) is 24.5 Å². The minimum atomic E-state index is 0.243. The molecule has 1 aromatic rings. The second-order valence-corrected chi connectivity index (χ2v) is 7.07. The Bertz CT molecular complexity index is 506. The molecule has 4 rings (SSSR count). The Balaban J connectivity index is 1.41. The molecule has 0 unspecified atom stereocenters. The smallest absolute Gasteiger partial charge is 0.138 e. The normalized spacial score (nSPS) is 32.4. The first-order valence-electron chi connectivity index (χ1n) is 8.61. The van der Waals surface area contributed by atoms with Crippen LogP contribution in [0.2, 0.25) is 0 Å². The number of ether oxygens (including phenoxy) is 2. The Morgan fingerprint density at radius 1 is 1.23 bits per heavy atom. The zero-order chi connectivity index (χ0) is 15.1. The van der Waals surface area contributed by atoms with Crippen LogP contribution in [-0.2, 0) is 16.0 Å². The van der Waals surface area contributed by atoms with E-state index in [1.54, 1.807) is 0 Å². The Labute approximate surface area is 131 Å². The summed E-state index contributed by atoms with van der Waals surface area (Å²) in [5, 5.41) is 4.08. The van der Waals surface area contributed by atoms with Crippen molar-refractivity contribution in [3.8, 4) is 0 Å². The topological polar surface area (TPSA) is 47.7 Å². The van der Waals surface area contributed by atoms with Crippen molar-refractivity contribution < 1.29 is 14.0 Å². The highest BCUT2D eigenvalue weighted by Crippen LogP contribution is 2.36. The summed E-state index contributed by atoms with van der Waals surface area (Å²) in [6.45, 7) is 7.67. The van der Waals surface area contributed by atoms with Crippen LogP contribution in [0.4, 0.5) is 0 Å². The van der Waals surface area contributed by atoms with Crippen molar-refractivity contribution in [2.24, 2.45) is 5.92 Å². The van der Waals surface area contributed by atoms with Gasteiger partial charge in [-0.25, -0.2) is 0 Å². The third-order valence-corrected chi connectivity index (χ3v) is 5.44. The molecule has 5 nitrogen and oxygen atoms in total. The molecular formula is C17H26N2O3. The number of morpholine rings is 1. The molecule has 0 bridgehead atoms. The lowest BCUT2D eigenvalue weighted by atomic mass is 10.1. The average molecular weight is 306 g/mol. The fourth-order valence-corrected chi connectivity index (χ4v) is 3.84. The van der Waals surface area contributed by atoms with Crippen LogP contribution in [0.25, 0.3) is 0 Å². The molecule has 0 spiro atoms. The molecule has 1 aliphatic heterocycles. The zero-order valence-electron chi connectivity index (χ0n) is 13.6. The van der Waals surface area contributed by atoms with Crippen LogP contribution in [0.5, 0.6) is 0 Å². The van der Waals surface area contributed by atoms with Gasteiger partial charge in [0.1, 0.15) is 5.76 Å². The molecule has 5 heteroatoms. The summed E-state index contributed by atoms with van der Waals surface area (Å²) in [7, 11) is 0. The summed E-state index contributed by atoms with van der Waals surface area (Å²) in [4.78, 5) is 2.54. The predicted octanol–water partition coefficient (Wildman–Crippen LogP) is 2.45. The SMILES string of the molecule is Cc1noc(C)c1CN1CCO[C@@H]2[C@@H](OCC3CC3)CC[C@H]21. The maximum absolute atomic E-state index is 6.14. The lowest BCUT2D eigenvalue weighted by Crippen LogP contribution is -2.51. The second kappa shape index (κ2) is 5.95. The van der Waals surface area contributed by atoms with E-state index in [2.05, 4.69) is 10.1 Å². The van der Waals surface area contributed by atoms with Gasteiger partial charge in [0.25, 0.3) is 0 Å². The molecule has 0 N–H and O–H groups in total. The molecule has 1 aromatic heterocycles. The molecule has 2 aliphatic carbocycles. The van der Waals surface area contributed by atoms with E-state index in [0.29, 0.717) is 6.04 Å². The Morgan fingerprint density at radius 2 is 2.09 bits per heavy atom. The van der Waals surface area contributed by atoms with Crippen molar-refractivity contribution in [3.63, 3.8) is 0 Å². The highest BCUT2D eigenvalue weighted by atomic mass is 16.5. The first-order chi connectivity index (χ1) is 10.7. The number of hydrogen-bond donors (Lipinski definition) is 0. The Hall–Kier alpha value is -0.910. The molecule has 3 aliphatic rings. The van der Waals surface area contributed by atoms with Crippen LogP contribution in [0.1, 0.15) is 42.7 Å². The standard InChI is InChI=1S/C17H26N2O3/c1-11-14(12(2)22-18-11)9-19-7-8-20-17-15(19)5-6-16(17)21-10-13-3-4-13/h13,15-17H,3-10H2,1-2H3/t15-,16+,17+/m1/s1. The van der Waals surface area contributed by atoms with Gasteiger partial charge in [-0.15, -0.1) is 0 Å². The summed E-state index contributed by atoms with van der Waals surface area (Å²) in [6.07, 6.45) is 5.52. The Morgan fingerprint density at radius 3 is 2.82 bits per heavy atom. The van der Waals surface area contributed by atoms with Crippen LogP contribution >= 0.6 is 0 Å². The van der Waals surface area contributed by atoms with Gasteiger partial charge >= 0.3 is 0 Å². The zero-order valence-corrected chi connectivity index (χ0v) is 13.6. The monoisotopic (exact) mass is 306 g/mol. The van der Waals surface area contributed by atoms with Crippen molar-refractivity contribution >= 4 is 0 Å². The van der Waals surface area contributed by atoms with E-state index in [0.717, 1.165) is 50.1 Å². The Kier molecular flexibility index (Phi) is 3.96. The van der Waals surface area contributed by atoms with E-state index in [9.17, 15) is 0 Å². The van der Waals surface area contributed by atoms with Crippen molar-refractivity contribution in [2.45, 2.75) is 64.3 Å². The number of hydrogen-bond acceptors (Lipinski definition) is 5. The highest BCUT2D eigenvalue weighted by molar-refractivity contribution is 5.21. The van der Waals surface area contributed by atoms with E-state index < -0.39 is 0 Å². The summed E-state index contributed by atoms with van der Waals surface area (Å²) in [6, 6.07) is 0.478. The molecule has 0 aromatic carbocycles.